The average molecular weight is 306 g/mol. The van der Waals surface area contributed by atoms with Crippen LogP contribution in [0.15, 0.2) is 12.3 Å². The van der Waals surface area contributed by atoms with Crippen molar-refractivity contribution in [3.05, 3.63) is 29.1 Å². The molecule has 5 nitrogen and oxygen atoms in total. The number of hydrogen-bond acceptors (Lipinski definition) is 4. The van der Waals surface area contributed by atoms with E-state index in [2.05, 4.69) is 4.98 Å². The van der Waals surface area contributed by atoms with Crippen LogP contribution in [0.5, 0.6) is 0 Å². The summed E-state index contributed by atoms with van der Waals surface area (Å²) in [6.45, 7) is 5.87. The molecule has 1 atom stereocenters. The topological polar surface area (TPSA) is 62.7 Å². The molecule has 122 valence electrons. The maximum Gasteiger partial charge on any atom is 0.255 e. The zero-order valence-electron chi connectivity index (χ0n) is 13.8. The summed E-state index contributed by atoms with van der Waals surface area (Å²) in [5.74, 6) is 0.0138. The van der Waals surface area contributed by atoms with Gasteiger partial charge in [-0.15, -0.1) is 0 Å². The van der Waals surface area contributed by atoms with Crippen molar-refractivity contribution in [1.82, 2.24) is 9.88 Å². The summed E-state index contributed by atoms with van der Waals surface area (Å²) < 4.78 is 5.16. The molecule has 1 saturated heterocycles. The Labute approximate surface area is 132 Å². The number of nitrogens with zero attached hydrogens (tertiary/aromatic N) is 2. The molecule has 1 aliphatic heterocycles. The number of ether oxygens (including phenoxy) is 1. The van der Waals surface area contributed by atoms with E-state index in [0.717, 1.165) is 37.1 Å². The highest BCUT2D eigenvalue weighted by Gasteiger charge is 2.36. The predicted octanol–water partition coefficient (Wildman–Crippen LogP) is 1.95. The number of aryl methyl sites for hydroxylation is 2. The van der Waals surface area contributed by atoms with E-state index < -0.39 is 0 Å². The minimum Gasteiger partial charge on any atom is -0.396 e. The maximum absolute atomic E-state index is 12.8. The smallest absolute Gasteiger partial charge is 0.255 e. The van der Waals surface area contributed by atoms with E-state index in [4.69, 9.17) is 4.74 Å². The van der Waals surface area contributed by atoms with Crippen molar-refractivity contribution in [2.45, 2.75) is 33.1 Å². The molecule has 0 spiro atoms. The molecule has 1 aromatic rings. The Balaban J connectivity index is 2.15. The van der Waals surface area contributed by atoms with E-state index in [1.807, 2.05) is 24.8 Å². The number of pyridine rings is 1. The molecule has 0 aliphatic carbocycles. The van der Waals surface area contributed by atoms with Gasteiger partial charge in [0.25, 0.3) is 5.91 Å². The summed E-state index contributed by atoms with van der Waals surface area (Å²) in [5, 5.41) is 9.82. The number of aliphatic hydroxyl groups is 1. The second-order valence-electron chi connectivity index (χ2n) is 6.37. The predicted molar refractivity (Wildman–Crippen MR) is 84.9 cm³/mol. The standard InChI is InChI=1S/C17H26N2O3/c1-13-9-14(2)18-10-15(13)16(21)19-7-4-5-17(11-19,12-20)6-8-22-3/h9-10,20H,4-8,11-12H2,1-3H3/t17-/m1/s1. The third-order valence-corrected chi connectivity index (χ3v) is 4.60. The largest absolute Gasteiger partial charge is 0.396 e. The zero-order valence-corrected chi connectivity index (χ0v) is 13.8. The Kier molecular flexibility index (Phi) is 5.53. The number of aromatic nitrogens is 1. The van der Waals surface area contributed by atoms with Gasteiger partial charge in [0.15, 0.2) is 0 Å². The van der Waals surface area contributed by atoms with Crippen LogP contribution in [-0.4, -0.2) is 54.3 Å². The Morgan fingerprint density at radius 3 is 2.91 bits per heavy atom. The van der Waals surface area contributed by atoms with E-state index in [1.165, 1.54) is 0 Å². The van der Waals surface area contributed by atoms with Gasteiger partial charge in [-0.25, -0.2) is 0 Å². The second kappa shape index (κ2) is 7.20. The fourth-order valence-corrected chi connectivity index (χ4v) is 3.20. The summed E-state index contributed by atoms with van der Waals surface area (Å²) in [7, 11) is 1.66. The van der Waals surface area contributed by atoms with Gasteiger partial charge in [-0.1, -0.05) is 0 Å². The third kappa shape index (κ3) is 3.65. The van der Waals surface area contributed by atoms with Crippen LogP contribution in [0.25, 0.3) is 0 Å². The van der Waals surface area contributed by atoms with Crippen molar-refractivity contribution < 1.29 is 14.6 Å². The monoisotopic (exact) mass is 306 g/mol. The van der Waals surface area contributed by atoms with Gasteiger partial charge in [0.05, 0.1) is 12.2 Å². The minimum atomic E-state index is -0.240. The van der Waals surface area contributed by atoms with Crippen LogP contribution in [0.1, 0.15) is 40.9 Å². The fraction of sp³-hybridized carbons (Fsp3) is 0.647. The molecule has 1 N–H and O–H groups in total. The molecule has 1 aromatic heterocycles. The number of hydrogen-bond donors (Lipinski definition) is 1. The quantitative estimate of drug-likeness (QED) is 0.903. The Bertz CT molecular complexity index is 533. The molecule has 22 heavy (non-hydrogen) atoms. The SMILES string of the molecule is COCC[C@]1(CO)CCCN(C(=O)c2cnc(C)cc2C)C1. The van der Waals surface area contributed by atoms with Gasteiger partial charge in [-0.05, 0) is 44.7 Å². The lowest BCUT2D eigenvalue weighted by atomic mass is 9.78. The van der Waals surface area contributed by atoms with E-state index in [9.17, 15) is 9.90 Å². The van der Waals surface area contributed by atoms with Gasteiger partial charge in [0, 0.05) is 44.1 Å². The Morgan fingerprint density at radius 1 is 1.50 bits per heavy atom. The van der Waals surface area contributed by atoms with Crippen molar-refractivity contribution in [3.63, 3.8) is 0 Å². The molecule has 0 radical (unpaired) electrons. The maximum atomic E-state index is 12.8. The van der Waals surface area contributed by atoms with Crippen molar-refractivity contribution in [3.8, 4) is 0 Å². The first kappa shape index (κ1) is 16.9. The molecule has 1 amide bonds. The van der Waals surface area contributed by atoms with Crippen LogP contribution in [0, 0.1) is 19.3 Å². The van der Waals surface area contributed by atoms with Crippen molar-refractivity contribution >= 4 is 5.91 Å². The number of piperidine rings is 1. The molecule has 5 heteroatoms. The number of methoxy groups -OCH3 is 1. The average Bonchev–Trinajstić information content (AvgIpc) is 2.52. The lowest BCUT2D eigenvalue weighted by Gasteiger charge is -2.42. The lowest BCUT2D eigenvalue weighted by molar-refractivity contribution is 0.00893. The van der Waals surface area contributed by atoms with Crippen molar-refractivity contribution in [1.29, 1.82) is 0 Å². The molecule has 1 fully saturated rings. The highest BCUT2D eigenvalue weighted by molar-refractivity contribution is 5.95. The van der Waals surface area contributed by atoms with Gasteiger partial charge in [-0.3, -0.25) is 9.78 Å². The van der Waals surface area contributed by atoms with Gasteiger partial charge in [0.1, 0.15) is 0 Å². The minimum absolute atomic E-state index is 0.0138. The molecule has 0 bridgehead atoms. The lowest BCUT2D eigenvalue weighted by Crippen LogP contribution is -2.48. The van der Waals surface area contributed by atoms with E-state index in [0.29, 0.717) is 18.7 Å². The van der Waals surface area contributed by atoms with E-state index in [-0.39, 0.29) is 17.9 Å². The second-order valence-corrected chi connectivity index (χ2v) is 6.37. The number of rotatable bonds is 5. The molecular formula is C17H26N2O3. The number of carbonyl (C=O) groups is 1. The molecule has 0 saturated carbocycles. The van der Waals surface area contributed by atoms with Gasteiger partial charge in [-0.2, -0.15) is 0 Å². The number of aliphatic hydroxyl groups excluding tert-OH is 1. The summed E-state index contributed by atoms with van der Waals surface area (Å²) in [6.07, 6.45) is 4.28. The summed E-state index contributed by atoms with van der Waals surface area (Å²) in [6, 6.07) is 1.93. The molecule has 0 unspecified atom stereocenters. The van der Waals surface area contributed by atoms with Crippen molar-refractivity contribution in [2.24, 2.45) is 5.41 Å². The molecule has 1 aliphatic rings. The first-order valence-corrected chi connectivity index (χ1v) is 7.84. The summed E-state index contributed by atoms with van der Waals surface area (Å²) in [5.41, 5.74) is 2.29. The molecule has 0 aromatic carbocycles. The van der Waals surface area contributed by atoms with E-state index in [1.54, 1.807) is 13.3 Å². The molecular weight excluding hydrogens is 280 g/mol. The normalized spacial score (nSPS) is 21.9. The van der Waals surface area contributed by atoms with Crippen LogP contribution in [0.4, 0.5) is 0 Å². The Morgan fingerprint density at radius 2 is 2.27 bits per heavy atom. The number of amides is 1. The highest BCUT2D eigenvalue weighted by Crippen LogP contribution is 2.33. The van der Waals surface area contributed by atoms with Crippen LogP contribution >= 0.6 is 0 Å². The van der Waals surface area contributed by atoms with Gasteiger partial charge in [0.2, 0.25) is 0 Å². The summed E-state index contributed by atoms with van der Waals surface area (Å²) in [4.78, 5) is 18.9. The summed E-state index contributed by atoms with van der Waals surface area (Å²) >= 11 is 0. The Hall–Kier alpha value is -1.46. The van der Waals surface area contributed by atoms with Gasteiger partial charge >= 0.3 is 0 Å². The van der Waals surface area contributed by atoms with Gasteiger partial charge < -0.3 is 14.7 Å². The fourth-order valence-electron chi connectivity index (χ4n) is 3.20. The zero-order chi connectivity index (χ0) is 16.2. The molecule has 2 rings (SSSR count). The first-order valence-electron chi connectivity index (χ1n) is 7.84. The van der Waals surface area contributed by atoms with Crippen LogP contribution in [0.3, 0.4) is 0 Å². The molecule has 2 heterocycles. The van der Waals surface area contributed by atoms with Crippen LogP contribution in [-0.2, 0) is 4.74 Å². The first-order chi connectivity index (χ1) is 10.5. The van der Waals surface area contributed by atoms with Crippen LogP contribution in [0.2, 0.25) is 0 Å². The van der Waals surface area contributed by atoms with E-state index >= 15 is 0 Å². The highest BCUT2D eigenvalue weighted by atomic mass is 16.5. The van der Waals surface area contributed by atoms with Crippen LogP contribution < -0.4 is 0 Å². The van der Waals surface area contributed by atoms with Crippen molar-refractivity contribution in [2.75, 3.05) is 33.4 Å². The number of likely N-dealkylation sites (tertiary alicyclic amines) is 1. The number of carbonyl (C=O) groups excluding carboxylic acids is 1. The third-order valence-electron chi connectivity index (χ3n) is 4.60.